The highest BCUT2D eigenvalue weighted by Crippen LogP contribution is 2.26. The molecule has 0 bridgehead atoms. The van der Waals surface area contributed by atoms with Crippen molar-refractivity contribution < 1.29 is 18.0 Å². The first-order valence-electron chi connectivity index (χ1n) is 14.2. The molecule has 1 aliphatic rings. The number of sulfonamides is 1. The Hall–Kier alpha value is -3.36. The Morgan fingerprint density at radius 2 is 1.56 bits per heavy atom. The first kappa shape index (κ1) is 30.6. The van der Waals surface area contributed by atoms with E-state index in [0.29, 0.717) is 17.1 Å². The monoisotopic (exact) mass is 595 g/mol. The zero-order valence-electron chi connectivity index (χ0n) is 23.6. The summed E-state index contributed by atoms with van der Waals surface area (Å²) in [6, 6.07) is 21.5. The maximum atomic E-state index is 14.1. The molecule has 3 aromatic carbocycles. The van der Waals surface area contributed by atoms with Gasteiger partial charge in [0.1, 0.15) is 12.6 Å². The van der Waals surface area contributed by atoms with Crippen LogP contribution in [0.25, 0.3) is 0 Å². The van der Waals surface area contributed by atoms with Crippen molar-refractivity contribution in [3.8, 4) is 0 Å². The molecule has 0 spiro atoms. The van der Waals surface area contributed by atoms with E-state index in [4.69, 9.17) is 11.6 Å². The van der Waals surface area contributed by atoms with E-state index in [9.17, 15) is 18.0 Å². The Labute approximate surface area is 248 Å². The fourth-order valence-electron chi connectivity index (χ4n) is 5.21. The highest BCUT2D eigenvalue weighted by atomic mass is 35.5. The third-order valence-corrected chi connectivity index (χ3v) is 9.58. The van der Waals surface area contributed by atoms with E-state index in [0.717, 1.165) is 41.1 Å². The number of carbonyl (C=O) groups is 2. The molecular weight excluding hydrogens is 558 g/mol. The number of anilines is 1. The van der Waals surface area contributed by atoms with Gasteiger partial charge in [-0.2, -0.15) is 0 Å². The van der Waals surface area contributed by atoms with Gasteiger partial charge in [-0.25, -0.2) is 8.42 Å². The fraction of sp³-hybridized carbons (Fsp3) is 0.375. The van der Waals surface area contributed by atoms with E-state index in [1.54, 1.807) is 30.3 Å². The number of hydrogen-bond donors (Lipinski definition) is 1. The molecule has 2 amide bonds. The summed E-state index contributed by atoms with van der Waals surface area (Å²) in [6.07, 6.45) is 5.56. The van der Waals surface area contributed by atoms with Crippen LogP contribution >= 0.6 is 11.6 Å². The normalized spacial score (nSPS) is 14.7. The number of nitrogens with one attached hydrogen (secondary N) is 1. The smallest absolute Gasteiger partial charge is 0.264 e. The number of aryl methyl sites for hydroxylation is 1. The molecule has 1 fully saturated rings. The van der Waals surface area contributed by atoms with Crippen molar-refractivity contribution >= 4 is 39.1 Å². The lowest BCUT2D eigenvalue weighted by Gasteiger charge is -2.34. The zero-order chi connectivity index (χ0) is 29.4. The van der Waals surface area contributed by atoms with Crippen molar-refractivity contribution in [3.05, 3.63) is 95.0 Å². The maximum absolute atomic E-state index is 14.1. The Kier molecular flexibility index (Phi) is 10.5. The van der Waals surface area contributed by atoms with Gasteiger partial charge < -0.3 is 10.2 Å². The van der Waals surface area contributed by atoms with Crippen molar-refractivity contribution in [2.24, 2.45) is 0 Å². The van der Waals surface area contributed by atoms with Crippen molar-refractivity contribution in [3.63, 3.8) is 0 Å². The first-order valence-corrected chi connectivity index (χ1v) is 16.0. The summed E-state index contributed by atoms with van der Waals surface area (Å²) >= 11 is 6.01. The van der Waals surface area contributed by atoms with Crippen LogP contribution in [0.3, 0.4) is 0 Å². The van der Waals surface area contributed by atoms with E-state index < -0.39 is 28.5 Å². The van der Waals surface area contributed by atoms with E-state index in [2.05, 4.69) is 5.32 Å². The van der Waals surface area contributed by atoms with Crippen LogP contribution < -0.4 is 9.62 Å². The SMILES string of the molecule is CC[C@@H](C(=O)NC1CCCCC1)N(Cc1ccc(C)cc1)C(=O)CN(c1ccccc1)S(=O)(=O)c1ccc(Cl)cc1. The number of hydrogen-bond acceptors (Lipinski definition) is 4. The average molecular weight is 596 g/mol. The second-order valence-electron chi connectivity index (χ2n) is 10.6. The third kappa shape index (κ3) is 7.89. The molecule has 0 saturated heterocycles. The molecule has 7 nitrogen and oxygen atoms in total. The van der Waals surface area contributed by atoms with Gasteiger partial charge >= 0.3 is 0 Å². The van der Waals surface area contributed by atoms with Crippen LogP contribution in [-0.2, 0) is 26.2 Å². The van der Waals surface area contributed by atoms with Crippen molar-refractivity contribution in [1.29, 1.82) is 0 Å². The number of halogens is 1. The van der Waals surface area contributed by atoms with Crippen molar-refractivity contribution in [2.75, 3.05) is 10.8 Å². The molecule has 4 rings (SSSR count). The van der Waals surface area contributed by atoms with Gasteiger partial charge in [-0.05, 0) is 68.1 Å². The number of carbonyl (C=O) groups excluding carboxylic acids is 2. The molecule has 41 heavy (non-hydrogen) atoms. The predicted molar refractivity (Wildman–Crippen MR) is 163 cm³/mol. The zero-order valence-corrected chi connectivity index (χ0v) is 25.2. The Bertz CT molecular complexity index is 1410. The summed E-state index contributed by atoms with van der Waals surface area (Å²) in [5, 5.41) is 3.58. The lowest BCUT2D eigenvalue weighted by Crippen LogP contribution is -2.54. The quantitative estimate of drug-likeness (QED) is 0.290. The van der Waals surface area contributed by atoms with E-state index in [1.165, 1.54) is 35.6 Å². The summed E-state index contributed by atoms with van der Waals surface area (Å²) in [5.74, 6) is -0.663. The van der Waals surface area contributed by atoms with Crippen LogP contribution in [0, 0.1) is 6.92 Å². The van der Waals surface area contributed by atoms with Gasteiger partial charge in [-0.1, -0.05) is 85.8 Å². The highest BCUT2D eigenvalue weighted by molar-refractivity contribution is 7.92. The minimum atomic E-state index is -4.13. The third-order valence-electron chi connectivity index (χ3n) is 7.54. The van der Waals surface area contributed by atoms with Crippen LogP contribution in [0.2, 0.25) is 5.02 Å². The lowest BCUT2D eigenvalue weighted by molar-refractivity contribution is -0.140. The second kappa shape index (κ2) is 14.0. The molecule has 0 aromatic heterocycles. The standard InChI is InChI=1S/C32H38ClN3O4S/c1-3-30(32(38)34-27-10-6-4-7-11-27)35(22-25-16-14-24(2)15-17-25)31(37)23-36(28-12-8-5-9-13-28)41(39,40)29-20-18-26(33)19-21-29/h5,8-9,12-21,27,30H,3-4,6-7,10-11,22-23H2,1-2H3,(H,34,38)/t30-/m0/s1. The molecule has 218 valence electrons. The molecule has 1 atom stereocenters. The van der Waals surface area contributed by atoms with Crippen LogP contribution in [0.4, 0.5) is 5.69 Å². The first-order chi connectivity index (χ1) is 19.7. The summed E-state index contributed by atoms with van der Waals surface area (Å²) in [4.78, 5) is 29.3. The average Bonchev–Trinajstić information content (AvgIpc) is 2.98. The Balaban J connectivity index is 1.68. The van der Waals surface area contributed by atoms with E-state index >= 15 is 0 Å². The van der Waals surface area contributed by atoms with E-state index in [-0.39, 0.29) is 23.4 Å². The number of amides is 2. The lowest BCUT2D eigenvalue weighted by atomic mass is 9.95. The van der Waals surface area contributed by atoms with Crippen molar-refractivity contribution in [2.45, 2.75) is 75.9 Å². The summed E-state index contributed by atoms with van der Waals surface area (Å²) in [7, 11) is -4.13. The number of benzene rings is 3. The Morgan fingerprint density at radius 1 is 0.927 bits per heavy atom. The predicted octanol–water partition coefficient (Wildman–Crippen LogP) is 6.10. The van der Waals surface area contributed by atoms with Crippen LogP contribution in [0.15, 0.2) is 83.8 Å². The van der Waals surface area contributed by atoms with Gasteiger partial charge in [-0.3, -0.25) is 13.9 Å². The fourth-order valence-corrected chi connectivity index (χ4v) is 6.75. The van der Waals surface area contributed by atoms with Gasteiger partial charge in [-0.15, -0.1) is 0 Å². The minimum absolute atomic E-state index is 0.0192. The second-order valence-corrected chi connectivity index (χ2v) is 12.9. The van der Waals surface area contributed by atoms with Crippen LogP contribution in [0.5, 0.6) is 0 Å². The van der Waals surface area contributed by atoms with Crippen molar-refractivity contribution in [1.82, 2.24) is 10.2 Å². The molecule has 1 N–H and O–H groups in total. The molecule has 0 radical (unpaired) electrons. The van der Waals surface area contributed by atoms with Crippen LogP contribution in [0.1, 0.15) is 56.6 Å². The van der Waals surface area contributed by atoms with Crippen LogP contribution in [-0.4, -0.2) is 43.8 Å². The summed E-state index contributed by atoms with van der Waals surface area (Å²) in [6.45, 7) is 3.58. The van der Waals surface area contributed by atoms with Gasteiger partial charge in [0.05, 0.1) is 10.6 Å². The number of nitrogens with zero attached hydrogens (tertiary/aromatic N) is 2. The number of para-hydroxylation sites is 1. The molecular formula is C32H38ClN3O4S. The molecule has 1 saturated carbocycles. The summed E-state index contributed by atoms with van der Waals surface area (Å²) in [5.41, 5.74) is 2.29. The van der Waals surface area contributed by atoms with Gasteiger partial charge in [0.25, 0.3) is 10.0 Å². The molecule has 0 aliphatic heterocycles. The summed E-state index contributed by atoms with van der Waals surface area (Å²) < 4.78 is 28.8. The number of rotatable bonds is 11. The maximum Gasteiger partial charge on any atom is 0.264 e. The minimum Gasteiger partial charge on any atom is -0.352 e. The molecule has 9 heteroatoms. The molecule has 1 aliphatic carbocycles. The van der Waals surface area contributed by atoms with E-state index in [1.807, 2.05) is 38.1 Å². The van der Waals surface area contributed by atoms with Gasteiger partial charge in [0.2, 0.25) is 11.8 Å². The molecule has 0 unspecified atom stereocenters. The molecule has 3 aromatic rings. The topological polar surface area (TPSA) is 86.8 Å². The Morgan fingerprint density at radius 3 is 2.17 bits per heavy atom. The highest BCUT2D eigenvalue weighted by Gasteiger charge is 2.34. The largest absolute Gasteiger partial charge is 0.352 e. The van der Waals surface area contributed by atoms with Gasteiger partial charge in [0, 0.05) is 17.6 Å². The van der Waals surface area contributed by atoms with Gasteiger partial charge in [0.15, 0.2) is 0 Å². The molecule has 0 heterocycles.